The molecule has 19 nitrogen and oxygen atoms in total. The zero-order chi connectivity index (χ0) is 52.1. The van der Waals surface area contributed by atoms with Gasteiger partial charge in [0, 0.05) is 6.54 Å². The summed E-state index contributed by atoms with van der Waals surface area (Å²) in [6.07, 6.45) is -11.1. The smallest absolute Gasteiger partial charge is 0.471 e. The molecule has 5 rings (SSSR count). The lowest BCUT2D eigenvalue weighted by molar-refractivity contribution is -0.177. The Bertz CT molecular complexity index is 2400. The van der Waals surface area contributed by atoms with E-state index < -0.39 is 103 Å². The van der Waals surface area contributed by atoms with E-state index in [9.17, 15) is 45.3 Å². The van der Waals surface area contributed by atoms with Gasteiger partial charge in [-0.05, 0) is 92.6 Å². The molecule has 2 heterocycles. The van der Waals surface area contributed by atoms with E-state index in [1.165, 1.54) is 88.5 Å². The number of alkyl halides is 3. The Hall–Kier alpha value is -5.45. The van der Waals surface area contributed by atoms with E-state index in [0.717, 1.165) is 4.31 Å². The molecule has 2 amide bonds. The highest BCUT2D eigenvalue weighted by molar-refractivity contribution is 7.89. The number of carbonyl (C=O) groups is 4. The number of halogens is 3. The Morgan fingerprint density at radius 2 is 1.52 bits per heavy atom. The first-order valence-electron chi connectivity index (χ1n) is 22.8. The molecule has 0 radical (unpaired) electrons. The molecule has 392 valence electrons. The molecule has 2 fully saturated rings. The largest absolute Gasteiger partial charge is 0.497 e. The molecule has 24 heteroatoms. The standard InChI is InChI=1S/C47H61F3N3O16PS/c1-8-62-42(54)31(6)68-70(58,69-35-12-10-9-11-13-35)28-65-34-16-14-32(15-17-34)24-38(51-46(57)67-40-27-64-44-37(40)22-23-63-44)39(66-43(55)41(30(4)5)52-45(56)47(48,49)50)26-53(25-29(2)3)71(59,60)36-20-18-33(61-7)19-21-36/h9-21,29-31,37-41,44H,8,22-28H2,1-7H3,(H,51,57)(H,52,56)/t31-,37+,38+,39-,40+,41+,44-,70?/m1/s1. The van der Waals surface area contributed by atoms with Crippen molar-refractivity contribution in [1.29, 1.82) is 0 Å². The van der Waals surface area contributed by atoms with E-state index in [2.05, 4.69) is 5.32 Å². The molecule has 0 bridgehead atoms. The van der Waals surface area contributed by atoms with Crippen molar-refractivity contribution in [3.63, 3.8) is 0 Å². The zero-order valence-electron chi connectivity index (χ0n) is 40.3. The van der Waals surface area contributed by atoms with Gasteiger partial charge in [0.1, 0.15) is 35.5 Å². The van der Waals surface area contributed by atoms with Gasteiger partial charge in [0.05, 0.1) is 50.3 Å². The van der Waals surface area contributed by atoms with Gasteiger partial charge in [0.25, 0.3) is 0 Å². The maximum atomic E-state index is 14.5. The van der Waals surface area contributed by atoms with Crippen LogP contribution in [-0.2, 0) is 63.6 Å². The maximum absolute atomic E-state index is 14.5. The first kappa shape index (κ1) is 56.5. The lowest BCUT2D eigenvalue weighted by atomic mass is 9.99. The topological polar surface area (TPSA) is 230 Å². The van der Waals surface area contributed by atoms with Crippen LogP contribution in [0.2, 0.25) is 0 Å². The van der Waals surface area contributed by atoms with Gasteiger partial charge in [-0.3, -0.25) is 9.32 Å². The van der Waals surface area contributed by atoms with E-state index >= 15 is 0 Å². The van der Waals surface area contributed by atoms with Crippen molar-refractivity contribution >= 4 is 41.6 Å². The van der Waals surface area contributed by atoms with Crippen molar-refractivity contribution in [2.45, 2.75) is 102 Å². The fourth-order valence-corrected chi connectivity index (χ4v) is 10.6. The number of nitrogens with zero attached hydrogens (tertiary/aromatic N) is 1. The van der Waals surface area contributed by atoms with Crippen molar-refractivity contribution < 1.29 is 87.5 Å². The van der Waals surface area contributed by atoms with E-state index in [4.69, 9.17) is 42.2 Å². The van der Waals surface area contributed by atoms with Gasteiger partial charge in [-0.25, -0.2) is 27.4 Å². The monoisotopic (exact) mass is 1040 g/mol. The number of hydrogen-bond donors (Lipinski definition) is 2. The van der Waals surface area contributed by atoms with E-state index in [0.29, 0.717) is 24.3 Å². The summed E-state index contributed by atoms with van der Waals surface area (Å²) in [4.78, 5) is 52.5. The number of ether oxygens (including phenoxy) is 7. The quantitative estimate of drug-likeness (QED) is 0.0515. The Morgan fingerprint density at radius 1 is 0.859 bits per heavy atom. The fraction of sp³-hybridized carbons (Fsp3) is 0.532. The molecule has 71 heavy (non-hydrogen) atoms. The number of alkyl carbamates (subject to hydrolysis) is 1. The van der Waals surface area contributed by atoms with E-state index in [1.807, 2.05) is 0 Å². The molecule has 0 saturated carbocycles. The van der Waals surface area contributed by atoms with Gasteiger partial charge in [0.15, 0.2) is 12.4 Å². The fourth-order valence-electron chi connectivity index (χ4n) is 7.50. The van der Waals surface area contributed by atoms with Crippen LogP contribution in [0.5, 0.6) is 17.2 Å². The van der Waals surface area contributed by atoms with Crippen LogP contribution in [0.4, 0.5) is 18.0 Å². The SMILES string of the molecule is CCOC(=O)[C@@H](C)OP(=O)(COc1ccc(C[C@H](NC(=O)O[C@H]2CO[C@H]3OCC[C@H]32)[C@@H](CN(CC(C)C)S(=O)(=O)c2ccc(OC)cc2)OC(=O)[C@@H](NC(=O)C(F)(F)F)C(C)C)cc1)Oc1ccccc1. The number of benzene rings is 3. The zero-order valence-corrected chi connectivity index (χ0v) is 42.0. The first-order chi connectivity index (χ1) is 33.5. The molecule has 2 N–H and O–H groups in total. The number of sulfonamides is 1. The van der Waals surface area contributed by atoms with Gasteiger partial charge in [-0.2, -0.15) is 17.5 Å². The van der Waals surface area contributed by atoms with Crippen molar-refractivity contribution in [3.8, 4) is 17.2 Å². The Balaban J connectivity index is 1.51. The Morgan fingerprint density at radius 3 is 2.13 bits per heavy atom. The number of nitrogens with one attached hydrogen (secondary N) is 2. The Labute approximate surface area is 410 Å². The molecular weight excluding hydrogens is 983 g/mol. The minimum Gasteiger partial charge on any atom is -0.497 e. The minimum atomic E-state index is -5.37. The van der Waals surface area contributed by atoms with E-state index in [1.54, 1.807) is 44.3 Å². The van der Waals surface area contributed by atoms with Crippen LogP contribution in [0.1, 0.15) is 53.5 Å². The predicted octanol–water partition coefficient (Wildman–Crippen LogP) is 6.63. The molecular formula is C47H61F3N3O16PS. The lowest BCUT2D eigenvalue weighted by Gasteiger charge is -2.34. The summed E-state index contributed by atoms with van der Waals surface area (Å²) < 4.78 is 135. The van der Waals surface area contributed by atoms with Gasteiger partial charge in [-0.1, -0.05) is 58.0 Å². The number of carbonyl (C=O) groups excluding carboxylic acids is 4. The third-order valence-electron chi connectivity index (χ3n) is 11.1. The van der Waals surface area contributed by atoms with Crippen LogP contribution in [0, 0.1) is 17.8 Å². The highest BCUT2D eigenvalue weighted by Crippen LogP contribution is 2.49. The predicted molar refractivity (Wildman–Crippen MR) is 248 cm³/mol. The average molecular weight is 1040 g/mol. The molecule has 2 aliphatic heterocycles. The molecule has 2 saturated heterocycles. The van der Waals surface area contributed by atoms with Crippen LogP contribution < -0.4 is 24.6 Å². The van der Waals surface area contributed by atoms with Gasteiger partial charge in [-0.15, -0.1) is 0 Å². The molecule has 0 aromatic heterocycles. The summed E-state index contributed by atoms with van der Waals surface area (Å²) in [7, 11) is -7.27. The number of para-hydroxylation sites is 1. The summed E-state index contributed by atoms with van der Waals surface area (Å²) >= 11 is 0. The van der Waals surface area contributed by atoms with Crippen molar-refractivity contribution in [2.24, 2.45) is 17.8 Å². The Kier molecular flexibility index (Phi) is 20.1. The summed E-state index contributed by atoms with van der Waals surface area (Å²) in [6, 6.07) is 16.3. The molecule has 3 aromatic carbocycles. The molecule has 3 aromatic rings. The number of methoxy groups -OCH3 is 1. The molecule has 2 aliphatic rings. The molecule has 0 aliphatic carbocycles. The molecule has 1 unspecified atom stereocenters. The first-order valence-corrected chi connectivity index (χ1v) is 26.0. The van der Waals surface area contributed by atoms with Gasteiger partial charge >= 0.3 is 37.7 Å². The highest BCUT2D eigenvalue weighted by Gasteiger charge is 2.46. The van der Waals surface area contributed by atoms with E-state index in [-0.39, 0.29) is 54.4 Å². The number of amides is 2. The van der Waals surface area contributed by atoms with Crippen LogP contribution in [0.15, 0.2) is 83.8 Å². The minimum absolute atomic E-state index is 0.000632. The molecule has 0 spiro atoms. The second-order valence-corrected chi connectivity index (χ2v) is 21.2. The van der Waals surface area contributed by atoms with Gasteiger partial charge in [0.2, 0.25) is 16.4 Å². The number of fused-ring (bicyclic) bond motifs is 1. The summed E-state index contributed by atoms with van der Waals surface area (Å²) in [6.45, 7) is 8.75. The average Bonchev–Trinajstić information content (AvgIpc) is 3.94. The number of esters is 2. The van der Waals surface area contributed by atoms with Crippen LogP contribution >= 0.6 is 7.60 Å². The summed E-state index contributed by atoms with van der Waals surface area (Å²) in [5.74, 6) is -5.49. The van der Waals surface area contributed by atoms with Gasteiger partial charge < -0.3 is 48.3 Å². The van der Waals surface area contributed by atoms with Crippen molar-refractivity contribution in [1.82, 2.24) is 14.9 Å². The van der Waals surface area contributed by atoms with Crippen LogP contribution in [-0.4, -0.2) is 126 Å². The second kappa shape index (κ2) is 25.3. The van der Waals surface area contributed by atoms with Crippen molar-refractivity contribution in [2.75, 3.05) is 46.4 Å². The summed E-state index contributed by atoms with van der Waals surface area (Å²) in [5, 5.41) is 4.40. The molecule has 8 atom stereocenters. The third-order valence-corrected chi connectivity index (χ3v) is 14.5. The van der Waals surface area contributed by atoms with Crippen LogP contribution in [0.25, 0.3) is 0 Å². The number of rotatable bonds is 25. The second-order valence-electron chi connectivity index (χ2n) is 17.4. The maximum Gasteiger partial charge on any atom is 0.471 e. The summed E-state index contributed by atoms with van der Waals surface area (Å²) in [5.41, 5.74) is 0.410. The van der Waals surface area contributed by atoms with Crippen LogP contribution in [0.3, 0.4) is 0 Å². The van der Waals surface area contributed by atoms with Crippen molar-refractivity contribution in [3.05, 3.63) is 84.4 Å². The number of hydrogen-bond acceptors (Lipinski definition) is 16. The highest BCUT2D eigenvalue weighted by atomic mass is 32.2. The lowest BCUT2D eigenvalue weighted by Crippen LogP contribution is -2.56. The third kappa shape index (κ3) is 16.3. The normalized spacial score (nSPS) is 19.4.